The number of piperidine rings is 1. The van der Waals surface area contributed by atoms with Crippen LogP contribution in [0, 0.1) is 0 Å². The Hall–Kier alpha value is -2.07. The fourth-order valence-electron chi connectivity index (χ4n) is 4.61. The Kier molecular flexibility index (Phi) is 10.2. The predicted molar refractivity (Wildman–Crippen MR) is 144 cm³/mol. The molecule has 0 spiro atoms. The van der Waals surface area contributed by atoms with Crippen LogP contribution >= 0.6 is 36.4 Å². The number of hydrogen-bond acceptors (Lipinski definition) is 8. The van der Waals surface area contributed by atoms with Gasteiger partial charge in [0.25, 0.3) is 0 Å². The molecule has 2 aliphatic heterocycles. The lowest BCUT2D eigenvalue weighted by Gasteiger charge is -2.36. The number of hydrogen-bond donors (Lipinski definition) is 2. The number of halogens is 3. The molecule has 4 heterocycles. The number of benzene rings is 1. The first kappa shape index (κ1) is 28.5. The molecule has 2 N–H and O–H groups in total. The van der Waals surface area contributed by atoms with Crippen molar-refractivity contribution in [1.29, 1.82) is 0 Å². The highest BCUT2D eigenvalue weighted by Crippen LogP contribution is 2.30. The number of aliphatic hydroxyl groups excluding tert-OH is 1. The molecule has 2 unspecified atom stereocenters. The number of fused-ring (bicyclic) bond motifs is 2. The Morgan fingerprint density at radius 2 is 1.94 bits per heavy atom. The van der Waals surface area contributed by atoms with Crippen molar-refractivity contribution in [3.8, 4) is 17.2 Å². The number of rotatable bonds is 7. The fraction of sp³-hybridized carbons (Fsp3) is 0.440. The molecule has 0 aliphatic carbocycles. The van der Waals surface area contributed by atoms with Gasteiger partial charge in [0.15, 0.2) is 11.5 Å². The van der Waals surface area contributed by atoms with Gasteiger partial charge in [0.2, 0.25) is 0 Å². The lowest BCUT2D eigenvalue weighted by Crippen LogP contribution is -2.52. The number of nitrogens with zero attached hydrogens (tertiary/aromatic N) is 3. The largest absolute Gasteiger partial charge is 0.497 e. The van der Waals surface area contributed by atoms with Gasteiger partial charge in [-0.05, 0) is 43.1 Å². The van der Waals surface area contributed by atoms with Crippen LogP contribution in [0.5, 0.6) is 17.2 Å². The number of aliphatic hydroxyl groups is 1. The fourth-order valence-corrected chi connectivity index (χ4v) is 4.86. The summed E-state index contributed by atoms with van der Waals surface area (Å²) < 4.78 is 16.5. The number of methoxy groups -OCH3 is 1. The maximum atomic E-state index is 10.8. The summed E-state index contributed by atoms with van der Waals surface area (Å²) in [5, 5.41) is 15.9. The molecule has 0 radical (unpaired) electrons. The van der Waals surface area contributed by atoms with Gasteiger partial charge in [0.1, 0.15) is 19.0 Å². The third-order valence-corrected chi connectivity index (χ3v) is 6.84. The van der Waals surface area contributed by atoms with Crippen molar-refractivity contribution in [2.75, 3.05) is 40.0 Å². The highest BCUT2D eigenvalue weighted by atomic mass is 35.5. The number of nitrogens with one attached hydrogen (secondary N) is 1. The molecule has 3 aromatic rings. The molecule has 11 heteroatoms. The van der Waals surface area contributed by atoms with Crippen LogP contribution in [0.25, 0.3) is 10.9 Å². The van der Waals surface area contributed by atoms with Crippen LogP contribution in [-0.2, 0) is 13.0 Å². The first-order valence-electron chi connectivity index (χ1n) is 11.6. The van der Waals surface area contributed by atoms with E-state index < -0.39 is 6.10 Å². The van der Waals surface area contributed by atoms with Crippen LogP contribution in [0.3, 0.4) is 0 Å². The summed E-state index contributed by atoms with van der Waals surface area (Å²) in [4.78, 5) is 11.2. The van der Waals surface area contributed by atoms with Crippen LogP contribution < -0.4 is 19.5 Å². The average molecular weight is 558 g/mol. The molecule has 2 aliphatic rings. The highest BCUT2D eigenvalue weighted by Gasteiger charge is 2.27. The van der Waals surface area contributed by atoms with E-state index in [1.165, 1.54) is 0 Å². The second-order valence-corrected chi connectivity index (χ2v) is 9.09. The second-order valence-electron chi connectivity index (χ2n) is 8.68. The summed E-state index contributed by atoms with van der Waals surface area (Å²) in [5.74, 6) is 2.20. The summed E-state index contributed by atoms with van der Waals surface area (Å²) in [6.45, 7) is 3.98. The maximum Gasteiger partial charge on any atom is 0.179 e. The number of aromatic nitrogens is 2. The topological polar surface area (TPSA) is 89.0 Å². The van der Waals surface area contributed by atoms with Gasteiger partial charge < -0.3 is 29.5 Å². The van der Waals surface area contributed by atoms with E-state index in [4.69, 9.17) is 25.8 Å². The number of β-amino-alcohol motifs (C(OH)–C–C–N with tert-alkyl or cyclic N) is 1. The van der Waals surface area contributed by atoms with Crippen molar-refractivity contribution >= 4 is 47.3 Å². The summed E-state index contributed by atoms with van der Waals surface area (Å²) in [5.41, 5.74) is 2.83. The minimum atomic E-state index is -0.462. The first-order valence-corrected chi connectivity index (χ1v) is 12.0. The molecule has 8 nitrogen and oxygen atoms in total. The normalized spacial score (nSPS) is 19.3. The molecule has 0 amide bonds. The molecule has 36 heavy (non-hydrogen) atoms. The van der Waals surface area contributed by atoms with Crippen molar-refractivity contribution in [2.24, 2.45) is 0 Å². The van der Waals surface area contributed by atoms with Crippen molar-refractivity contribution in [1.82, 2.24) is 20.2 Å². The van der Waals surface area contributed by atoms with Crippen LogP contribution in [0.2, 0.25) is 5.02 Å². The number of pyridine rings is 2. The summed E-state index contributed by atoms with van der Waals surface area (Å²) in [6, 6.07) is 7.76. The standard InChI is InChI=1S/C25H29ClN4O4.2ClH/c1-32-17-2-3-21-19(11-17)18(20(26)13-29-21)4-6-30-7-5-22(23(31)15-30)28-12-16-10-24-25(14-27-16)34-9-8-33-24;;/h2-3,10-11,13-14,22-23,28,31H,4-9,12,15H2,1H3;2*1H. The minimum Gasteiger partial charge on any atom is -0.497 e. The van der Waals surface area contributed by atoms with Gasteiger partial charge in [-0.2, -0.15) is 0 Å². The van der Waals surface area contributed by atoms with E-state index in [9.17, 15) is 5.11 Å². The van der Waals surface area contributed by atoms with Crippen molar-refractivity contribution in [3.05, 3.63) is 52.9 Å². The van der Waals surface area contributed by atoms with Gasteiger partial charge in [-0.1, -0.05) is 11.6 Å². The summed E-state index contributed by atoms with van der Waals surface area (Å²) >= 11 is 6.51. The van der Waals surface area contributed by atoms with Gasteiger partial charge in [0.05, 0.1) is 35.6 Å². The van der Waals surface area contributed by atoms with Crippen LogP contribution in [0.1, 0.15) is 17.7 Å². The number of ether oxygens (including phenoxy) is 3. The van der Waals surface area contributed by atoms with E-state index in [0.29, 0.717) is 37.1 Å². The zero-order valence-electron chi connectivity index (χ0n) is 20.0. The monoisotopic (exact) mass is 556 g/mol. The Balaban J connectivity index is 0.00000180. The lowest BCUT2D eigenvalue weighted by molar-refractivity contribution is 0.0403. The second kappa shape index (κ2) is 12.9. The Bertz CT molecular complexity index is 1170. The van der Waals surface area contributed by atoms with Crippen molar-refractivity contribution in [3.63, 3.8) is 0 Å². The van der Waals surface area contributed by atoms with E-state index in [1.54, 1.807) is 19.5 Å². The molecular formula is C25H31Cl3N4O4. The Morgan fingerprint density at radius 1 is 1.14 bits per heavy atom. The molecule has 196 valence electrons. The first-order chi connectivity index (χ1) is 16.6. The highest BCUT2D eigenvalue weighted by molar-refractivity contribution is 6.32. The zero-order chi connectivity index (χ0) is 23.5. The maximum absolute atomic E-state index is 10.8. The molecule has 1 fully saturated rings. The molecule has 1 saturated heterocycles. The van der Waals surface area contributed by atoms with Crippen molar-refractivity contribution in [2.45, 2.75) is 31.5 Å². The molecule has 5 rings (SSSR count). The van der Waals surface area contributed by atoms with Gasteiger partial charge in [-0.3, -0.25) is 9.97 Å². The van der Waals surface area contributed by atoms with Gasteiger partial charge in [0, 0.05) is 43.3 Å². The average Bonchev–Trinajstić information content (AvgIpc) is 2.87. The third-order valence-electron chi connectivity index (χ3n) is 6.51. The number of likely N-dealkylation sites (tertiary alicyclic amines) is 1. The Morgan fingerprint density at radius 3 is 2.72 bits per heavy atom. The molecule has 0 saturated carbocycles. The molecule has 1 aromatic carbocycles. The SMILES string of the molecule is COc1ccc2ncc(Cl)c(CCN3CCC(NCc4cc5c(cn4)OCCO5)C(O)C3)c2c1.Cl.Cl. The summed E-state index contributed by atoms with van der Waals surface area (Å²) in [6.07, 6.45) is 4.58. The van der Waals surface area contributed by atoms with E-state index in [-0.39, 0.29) is 30.9 Å². The minimum absolute atomic E-state index is 0. The van der Waals surface area contributed by atoms with E-state index >= 15 is 0 Å². The molecule has 2 aromatic heterocycles. The van der Waals surface area contributed by atoms with Gasteiger partial charge in [-0.25, -0.2) is 0 Å². The van der Waals surface area contributed by atoms with Gasteiger partial charge in [-0.15, -0.1) is 24.8 Å². The zero-order valence-corrected chi connectivity index (χ0v) is 22.4. The Labute approximate surface area is 228 Å². The van der Waals surface area contributed by atoms with Crippen LogP contribution in [0.4, 0.5) is 0 Å². The summed E-state index contributed by atoms with van der Waals surface area (Å²) in [7, 11) is 1.66. The van der Waals surface area contributed by atoms with Crippen LogP contribution in [0.15, 0.2) is 36.7 Å². The van der Waals surface area contributed by atoms with Crippen molar-refractivity contribution < 1.29 is 19.3 Å². The van der Waals surface area contributed by atoms with E-state index in [1.807, 2.05) is 24.3 Å². The quantitative estimate of drug-likeness (QED) is 0.455. The van der Waals surface area contributed by atoms with Crippen LogP contribution in [-0.4, -0.2) is 72.1 Å². The molecular weight excluding hydrogens is 527 g/mol. The predicted octanol–water partition coefficient (Wildman–Crippen LogP) is 3.67. The lowest BCUT2D eigenvalue weighted by atomic mass is 10.00. The van der Waals surface area contributed by atoms with E-state index in [0.717, 1.165) is 59.6 Å². The van der Waals surface area contributed by atoms with E-state index in [2.05, 4.69) is 20.2 Å². The molecule has 0 bridgehead atoms. The smallest absolute Gasteiger partial charge is 0.179 e. The third kappa shape index (κ3) is 6.43. The van der Waals surface area contributed by atoms with Gasteiger partial charge >= 0.3 is 0 Å². The molecule has 2 atom stereocenters.